The normalized spacial score (nSPS) is 11.8. The summed E-state index contributed by atoms with van der Waals surface area (Å²) in [6.07, 6.45) is -0.341. The van der Waals surface area contributed by atoms with Crippen LogP contribution in [0.1, 0.15) is 16.8 Å². The second kappa shape index (κ2) is 6.41. The Labute approximate surface area is 154 Å². The van der Waals surface area contributed by atoms with Gasteiger partial charge in [0.05, 0.1) is 16.3 Å². The van der Waals surface area contributed by atoms with E-state index in [0.717, 1.165) is 17.2 Å². The van der Waals surface area contributed by atoms with E-state index in [0.29, 0.717) is 5.52 Å². The van der Waals surface area contributed by atoms with E-state index in [1.165, 1.54) is 18.2 Å². The Kier molecular flexibility index (Phi) is 4.54. The molecule has 0 saturated heterocycles. The number of hydrogen-bond acceptors (Lipinski definition) is 3. The SMILES string of the molecule is Cc1cc(C)cc(S(=O)(=O)c2c(CC(N)=O)[nH]c3ccc(F)c(Cl)c23)c1. The molecule has 2 aromatic carbocycles. The number of aromatic nitrogens is 1. The summed E-state index contributed by atoms with van der Waals surface area (Å²) < 4.78 is 40.6. The van der Waals surface area contributed by atoms with Gasteiger partial charge in [-0.25, -0.2) is 12.8 Å². The zero-order valence-corrected chi connectivity index (χ0v) is 15.6. The molecule has 0 radical (unpaired) electrons. The third-order valence-electron chi connectivity index (χ3n) is 4.01. The lowest BCUT2D eigenvalue weighted by atomic mass is 10.2. The summed E-state index contributed by atoms with van der Waals surface area (Å²) in [6.45, 7) is 3.55. The van der Waals surface area contributed by atoms with Crippen molar-refractivity contribution in [3.05, 3.63) is 58.0 Å². The zero-order chi connectivity index (χ0) is 19.2. The van der Waals surface area contributed by atoms with Gasteiger partial charge in [-0.05, 0) is 49.2 Å². The average molecular weight is 395 g/mol. The molecule has 136 valence electrons. The predicted molar refractivity (Wildman–Crippen MR) is 97.5 cm³/mol. The minimum Gasteiger partial charge on any atom is -0.369 e. The molecule has 0 atom stereocenters. The molecule has 26 heavy (non-hydrogen) atoms. The molecule has 0 aliphatic carbocycles. The molecule has 0 unspecified atom stereocenters. The number of nitrogens with two attached hydrogens (primary N) is 1. The maximum atomic E-state index is 14.0. The topological polar surface area (TPSA) is 93.0 Å². The van der Waals surface area contributed by atoms with Crippen LogP contribution in [0.3, 0.4) is 0 Å². The van der Waals surface area contributed by atoms with Crippen molar-refractivity contribution in [2.45, 2.75) is 30.1 Å². The smallest absolute Gasteiger partial charge is 0.223 e. The van der Waals surface area contributed by atoms with E-state index in [2.05, 4.69) is 4.98 Å². The van der Waals surface area contributed by atoms with Crippen LogP contribution in [0.5, 0.6) is 0 Å². The summed E-state index contributed by atoms with van der Waals surface area (Å²) in [5, 5.41) is -0.306. The molecule has 3 aromatic rings. The minimum atomic E-state index is -4.07. The van der Waals surface area contributed by atoms with Crippen molar-refractivity contribution in [3.8, 4) is 0 Å². The Morgan fingerprint density at radius 2 is 1.81 bits per heavy atom. The predicted octanol–water partition coefficient (Wildman–Crippen LogP) is 3.44. The van der Waals surface area contributed by atoms with Crippen LogP contribution >= 0.6 is 11.6 Å². The van der Waals surface area contributed by atoms with Crippen LogP contribution < -0.4 is 5.73 Å². The molecule has 1 aromatic heterocycles. The van der Waals surface area contributed by atoms with Crippen molar-refractivity contribution in [3.63, 3.8) is 0 Å². The molecule has 5 nitrogen and oxygen atoms in total. The van der Waals surface area contributed by atoms with Gasteiger partial charge in [0, 0.05) is 16.6 Å². The van der Waals surface area contributed by atoms with Gasteiger partial charge >= 0.3 is 0 Å². The molecular weight excluding hydrogens is 379 g/mol. The highest BCUT2D eigenvalue weighted by Crippen LogP contribution is 2.37. The lowest BCUT2D eigenvalue weighted by Crippen LogP contribution is -2.16. The van der Waals surface area contributed by atoms with E-state index >= 15 is 0 Å². The monoisotopic (exact) mass is 394 g/mol. The van der Waals surface area contributed by atoms with E-state index in [-0.39, 0.29) is 32.3 Å². The van der Waals surface area contributed by atoms with Crippen molar-refractivity contribution < 1.29 is 17.6 Å². The van der Waals surface area contributed by atoms with Gasteiger partial charge in [0.2, 0.25) is 15.7 Å². The summed E-state index contributed by atoms with van der Waals surface area (Å²) in [4.78, 5) is 14.1. The number of amides is 1. The molecule has 1 amide bonds. The molecule has 0 aliphatic rings. The van der Waals surface area contributed by atoms with Crippen LogP contribution in [-0.4, -0.2) is 19.3 Å². The zero-order valence-electron chi connectivity index (χ0n) is 14.1. The van der Waals surface area contributed by atoms with E-state index < -0.39 is 21.6 Å². The van der Waals surface area contributed by atoms with Gasteiger partial charge in [0.1, 0.15) is 10.7 Å². The Hall–Kier alpha value is -2.38. The summed E-state index contributed by atoms with van der Waals surface area (Å²) in [5.74, 6) is -1.47. The number of primary amides is 1. The minimum absolute atomic E-state index is 0.0158. The maximum Gasteiger partial charge on any atom is 0.223 e. The standard InChI is InChI=1S/C18H16ClFN2O3S/c1-9-5-10(2)7-11(6-9)26(24,25)18-14(8-15(21)23)22-13-4-3-12(20)17(19)16(13)18/h3-7,22H,8H2,1-2H3,(H2,21,23). The molecule has 3 N–H and O–H groups in total. The number of H-pyrrole nitrogens is 1. The second-order valence-electron chi connectivity index (χ2n) is 6.19. The number of carbonyl (C=O) groups is 1. The van der Waals surface area contributed by atoms with Crippen molar-refractivity contribution in [2.24, 2.45) is 5.73 Å². The van der Waals surface area contributed by atoms with Gasteiger partial charge < -0.3 is 10.7 Å². The first-order valence-corrected chi connectivity index (χ1v) is 9.57. The van der Waals surface area contributed by atoms with E-state index in [9.17, 15) is 17.6 Å². The highest BCUT2D eigenvalue weighted by Gasteiger charge is 2.29. The van der Waals surface area contributed by atoms with Crippen molar-refractivity contribution in [1.29, 1.82) is 0 Å². The van der Waals surface area contributed by atoms with Gasteiger partial charge in [-0.15, -0.1) is 0 Å². The molecule has 0 bridgehead atoms. The lowest BCUT2D eigenvalue weighted by Gasteiger charge is -2.09. The number of aryl methyl sites for hydroxylation is 2. The van der Waals surface area contributed by atoms with Gasteiger partial charge in [-0.2, -0.15) is 0 Å². The fourth-order valence-electron chi connectivity index (χ4n) is 3.05. The maximum absolute atomic E-state index is 14.0. The fourth-order valence-corrected chi connectivity index (χ4v) is 5.21. The van der Waals surface area contributed by atoms with E-state index in [1.54, 1.807) is 13.8 Å². The lowest BCUT2D eigenvalue weighted by molar-refractivity contribution is -0.117. The van der Waals surface area contributed by atoms with Crippen molar-refractivity contribution in [1.82, 2.24) is 4.98 Å². The number of benzene rings is 2. The number of nitrogens with one attached hydrogen (secondary N) is 1. The number of sulfone groups is 1. The van der Waals surface area contributed by atoms with Crippen LogP contribution in [0.2, 0.25) is 5.02 Å². The first kappa shape index (κ1) is 18.4. The van der Waals surface area contributed by atoms with Gasteiger partial charge in [-0.1, -0.05) is 17.7 Å². The summed E-state index contributed by atoms with van der Waals surface area (Å²) >= 11 is 6.06. The summed E-state index contributed by atoms with van der Waals surface area (Å²) in [7, 11) is -4.07. The summed E-state index contributed by atoms with van der Waals surface area (Å²) in [6, 6.07) is 7.38. The third-order valence-corrected chi connectivity index (χ3v) is 6.22. The first-order chi connectivity index (χ1) is 12.1. The number of carbonyl (C=O) groups excluding carboxylic acids is 1. The Balaban J connectivity index is 2.41. The van der Waals surface area contributed by atoms with Crippen LogP contribution in [0.4, 0.5) is 4.39 Å². The molecule has 0 fully saturated rings. The number of rotatable bonds is 4. The number of aromatic amines is 1. The summed E-state index contributed by atoms with van der Waals surface area (Å²) in [5.41, 5.74) is 7.17. The Morgan fingerprint density at radius 1 is 1.19 bits per heavy atom. The molecule has 0 spiro atoms. The second-order valence-corrected chi connectivity index (χ2v) is 8.45. The van der Waals surface area contributed by atoms with Crippen LogP contribution in [0.15, 0.2) is 40.1 Å². The van der Waals surface area contributed by atoms with E-state index in [4.69, 9.17) is 17.3 Å². The highest BCUT2D eigenvalue weighted by atomic mass is 35.5. The van der Waals surface area contributed by atoms with Crippen molar-refractivity contribution >= 4 is 38.2 Å². The largest absolute Gasteiger partial charge is 0.369 e. The van der Waals surface area contributed by atoms with Gasteiger partial charge in [-0.3, -0.25) is 4.79 Å². The van der Waals surface area contributed by atoms with Crippen LogP contribution in [0, 0.1) is 19.7 Å². The highest BCUT2D eigenvalue weighted by molar-refractivity contribution is 7.91. The van der Waals surface area contributed by atoms with Gasteiger partial charge in [0.15, 0.2) is 0 Å². The molecule has 1 heterocycles. The molecule has 0 saturated carbocycles. The average Bonchev–Trinajstić information content (AvgIpc) is 2.88. The third kappa shape index (κ3) is 3.08. The van der Waals surface area contributed by atoms with Crippen molar-refractivity contribution in [2.75, 3.05) is 0 Å². The number of halogens is 2. The molecule has 8 heteroatoms. The fraction of sp³-hybridized carbons (Fsp3) is 0.167. The first-order valence-electron chi connectivity index (χ1n) is 7.71. The molecule has 0 aliphatic heterocycles. The number of fused-ring (bicyclic) bond motifs is 1. The molecular formula is C18H16ClFN2O3S. The Bertz CT molecular complexity index is 1130. The van der Waals surface area contributed by atoms with Gasteiger partial charge in [0.25, 0.3) is 0 Å². The quantitative estimate of drug-likeness (QED) is 0.709. The van der Waals surface area contributed by atoms with Crippen LogP contribution in [0.25, 0.3) is 10.9 Å². The number of hydrogen-bond donors (Lipinski definition) is 2. The molecule has 3 rings (SSSR count). The van der Waals surface area contributed by atoms with Crippen LogP contribution in [-0.2, 0) is 21.1 Å². The Morgan fingerprint density at radius 3 is 2.38 bits per heavy atom. The van der Waals surface area contributed by atoms with E-state index in [1.807, 2.05) is 6.07 Å².